The first-order valence-corrected chi connectivity index (χ1v) is 5.96. The van der Waals surface area contributed by atoms with Crippen LogP contribution in [0.4, 0.5) is 0 Å². The SMILES string of the molecule is COc1ccc(Br)cc1-c1cnc(C(C)N)o1. The summed E-state index contributed by atoms with van der Waals surface area (Å²) in [5, 5.41) is 0. The molecule has 90 valence electrons. The minimum atomic E-state index is -0.220. The highest BCUT2D eigenvalue weighted by molar-refractivity contribution is 9.10. The first-order chi connectivity index (χ1) is 8.11. The van der Waals surface area contributed by atoms with E-state index in [1.807, 2.05) is 25.1 Å². The lowest BCUT2D eigenvalue weighted by molar-refractivity contribution is 0.412. The zero-order valence-electron chi connectivity index (χ0n) is 9.61. The van der Waals surface area contributed by atoms with Gasteiger partial charge in [0, 0.05) is 4.47 Å². The van der Waals surface area contributed by atoms with Gasteiger partial charge in [-0.2, -0.15) is 0 Å². The van der Waals surface area contributed by atoms with E-state index in [1.54, 1.807) is 13.3 Å². The van der Waals surface area contributed by atoms with E-state index in [1.165, 1.54) is 0 Å². The summed E-state index contributed by atoms with van der Waals surface area (Å²) < 4.78 is 11.8. The summed E-state index contributed by atoms with van der Waals surface area (Å²) in [5.41, 5.74) is 6.56. The summed E-state index contributed by atoms with van der Waals surface area (Å²) in [7, 11) is 1.62. The van der Waals surface area contributed by atoms with Gasteiger partial charge in [-0.1, -0.05) is 15.9 Å². The van der Waals surface area contributed by atoms with Crippen LogP contribution in [0.3, 0.4) is 0 Å². The molecule has 0 aliphatic carbocycles. The monoisotopic (exact) mass is 296 g/mol. The fourth-order valence-electron chi connectivity index (χ4n) is 1.50. The normalized spacial score (nSPS) is 12.5. The van der Waals surface area contributed by atoms with Gasteiger partial charge >= 0.3 is 0 Å². The first-order valence-electron chi connectivity index (χ1n) is 5.17. The second-order valence-electron chi connectivity index (χ2n) is 3.70. The van der Waals surface area contributed by atoms with Gasteiger partial charge in [-0.3, -0.25) is 0 Å². The largest absolute Gasteiger partial charge is 0.496 e. The molecule has 0 amide bonds. The van der Waals surface area contributed by atoms with Gasteiger partial charge in [0.2, 0.25) is 5.89 Å². The topological polar surface area (TPSA) is 61.3 Å². The maximum absolute atomic E-state index is 5.71. The highest BCUT2D eigenvalue weighted by Crippen LogP contribution is 2.33. The Kier molecular flexibility index (Phi) is 3.49. The van der Waals surface area contributed by atoms with Crippen molar-refractivity contribution in [1.29, 1.82) is 0 Å². The van der Waals surface area contributed by atoms with Crippen molar-refractivity contribution in [2.24, 2.45) is 5.73 Å². The number of ether oxygens (including phenoxy) is 1. The zero-order valence-corrected chi connectivity index (χ0v) is 11.2. The minimum absolute atomic E-state index is 0.220. The maximum Gasteiger partial charge on any atom is 0.211 e. The zero-order chi connectivity index (χ0) is 12.4. The van der Waals surface area contributed by atoms with Gasteiger partial charge in [0.1, 0.15) is 5.75 Å². The van der Waals surface area contributed by atoms with Crippen molar-refractivity contribution >= 4 is 15.9 Å². The predicted molar refractivity (Wildman–Crippen MR) is 68.8 cm³/mol. The molecule has 1 atom stereocenters. The molecule has 1 unspecified atom stereocenters. The predicted octanol–water partition coefficient (Wildman–Crippen LogP) is 3.13. The number of hydrogen-bond donors (Lipinski definition) is 1. The Bertz CT molecular complexity index is 523. The quantitative estimate of drug-likeness (QED) is 0.945. The molecule has 4 nitrogen and oxygen atoms in total. The van der Waals surface area contributed by atoms with Crippen LogP contribution in [0, 0.1) is 0 Å². The van der Waals surface area contributed by atoms with Crippen LogP contribution >= 0.6 is 15.9 Å². The minimum Gasteiger partial charge on any atom is -0.496 e. The third-order valence-corrected chi connectivity index (χ3v) is 2.83. The van der Waals surface area contributed by atoms with Crippen LogP contribution in [0.2, 0.25) is 0 Å². The molecule has 0 saturated carbocycles. The molecule has 2 N–H and O–H groups in total. The lowest BCUT2D eigenvalue weighted by Crippen LogP contribution is -2.04. The Morgan fingerprint density at radius 1 is 1.47 bits per heavy atom. The lowest BCUT2D eigenvalue weighted by atomic mass is 10.1. The average molecular weight is 297 g/mol. The molecule has 1 aromatic heterocycles. The van der Waals surface area contributed by atoms with Crippen LogP contribution in [0.5, 0.6) is 5.75 Å². The Labute approximate surface area is 108 Å². The summed E-state index contributed by atoms with van der Waals surface area (Å²) in [5.74, 6) is 1.90. The standard InChI is InChI=1S/C12H13BrN2O2/c1-7(14)12-15-6-11(17-12)9-5-8(13)3-4-10(9)16-2/h3-7H,14H2,1-2H3. The van der Waals surface area contributed by atoms with Gasteiger partial charge in [0.05, 0.1) is 24.9 Å². The van der Waals surface area contributed by atoms with E-state index in [0.29, 0.717) is 11.7 Å². The average Bonchev–Trinajstić information content (AvgIpc) is 2.78. The third kappa shape index (κ3) is 2.50. The summed E-state index contributed by atoms with van der Waals surface area (Å²) in [6, 6.07) is 5.48. The molecule has 17 heavy (non-hydrogen) atoms. The Morgan fingerprint density at radius 3 is 2.82 bits per heavy atom. The number of nitrogens with two attached hydrogens (primary N) is 1. The van der Waals surface area contributed by atoms with Crippen LogP contribution in [0.1, 0.15) is 18.9 Å². The molecule has 0 saturated heterocycles. The van der Waals surface area contributed by atoms with E-state index < -0.39 is 0 Å². The lowest BCUT2D eigenvalue weighted by Gasteiger charge is -2.06. The Morgan fingerprint density at radius 2 is 2.24 bits per heavy atom. The van der Waals surface area contributed by atoms with Gasteiger partial charge in [0.25, 0.3) is 0 Å². The van der Waals surface area contributed by atoms with Crippen molar-refractivity contribution in [2.45, 2.75) is 13.0 Å². The first kappa shape index (κ1) is 12.1. The number of nitrogens with zero attached hydrogens (tertiary/aromatic N) is 1. The van der Waals surface area contributed by atoms with Gasteiger partial charge in [-0.25, -0.2) is 4.98 Å². The fourth-order valence-corrected chi connectivity index (χ4v) is 1.86. The van der Waals surface area contributed by atoms with Crippen molar-refractivity contribution in [1.82, 2.24) is 4.98 Å². The van der Waals surface area contributed by atoms with Crippen molar-refractivity contribution < 1.29 is 9.15 Å². The van der Waals surface area contributed by atoms with E-state index in [-0.39, 0.29) is 6.04 Å². The second-order valence-corrected chi connectivity index (χ2v) is 4.61. The molecule has 2 aromatic rings. The Balaban J connectivity index is 2.47. The summed E-state index contributed by atoms with van der Waals surface area (Å²) in [6.07, 6.45) is 1.66. The molecule has 1 aromatic carbocycles. The molecule has 2 rings (SSSR count). The molecule has 0 aliphatic rings. The molecule has 1 heterocycles. The molecule has 0 aliphatic heterocycles. The maximum atomic E-state index is 5.71. The van der Waals surface area contributed by atoms with Gasteiger partial charge in [-0.15, -0.1) is 0 Å². The summed E-state index contributed by atoms with van der Waals surface area (Å²) in [4.78, 5) is 4.13. The molecule has 0 radical (unpaired) electrons. The van der Waals surface area contributed by atoms with E-state index in [2.05, 4.69) is 20.9 Å². The number of oxazole rings is 1. The highest BCUT2D eigenvalue weighted by atomic mass is 79.9. The summed E-state index contributed by atoms with van der Waals surface area (Å²) >= 11 is 3.42. The fraction of sp³-hybridized carbons (Fsp3) is 0.250. The van der Waals surface area contributed by atoms with Crippen LogP contribution < -0.4 is 10.5 Å². The second kappa shape index (κ2) is 4.89. The van der Waals surface area contributed by atoms with E-state index in [9.17, 15) is 0 Å². The number of halogens is 1. The number of benzene rings is 1. The Hall–Kier alpha value is -1.33. The number of rotatable bonds is 3. The molecule has 0 spiro atoms. The van der Waals surface area contributed by atoms with Crippen LogP contribution in [-0.4, -0.2) is 12.1 Å². The van der Waals surface area contributed by atoms with Crippen molar-refractivity contribution in [3.63, 3.8) is 0 Å². The number of methoxy groups -OCH3 is 1. The summed E-state index contributed by atoms with van der Waals surface area (Å²) in [6.45, 7) is 1.83. The van der Waals surface area contributed by atoms with Gasteiger partial charge < -0.3 is 14.9 Å². The van der Waals surface area contributed by atoms with E-state index in [4.69, 9.17) is 14.9 Å². The molecular weight excluding hydrogens is 284 g/mol. The van der Waals surface area contributed by atoms with Crippen LogP contribution in [-0.2, 0) is 0 Å². The van der Waals surface area contributed by atoms with Crippen LogP contribution in [0.15, 0.2) is 33.3 Å². The van der Waals surface area contributed by atoms with Crippen LogP contribution in [0.25, 0.3) is 11.3 Å². The van der Waals surface area contributed by atoms with Crippen molar-refractivity contribution in [3.05, 3.63) is 34.8 Å². The van der Waals surface area contributed by atoms with Gasteiger partial charge in [-0.05, 0) is 25.1 Å². The molecule has 0 fully saturated rings. The highest BCUT2D eigenvalue weighted by Gasteiger charge is 2.13. The van der Waals surface area contributed by atoms with Crippen molar-refractivity contribution in [2.75, 3.05) is 7.11 Å². The number of aromatic nitrogens is 1. The molecular formula is C12H13BrN2O2. The number of hydrogen-bond acceptors (Lipinski definition) is 4. The molecule has 5 heteroatoms. The van der Waals surface area contributed by atoms with Crippen molar-refractivity contribution in [3.8, 4) is 17.1 Å². The van der Waals surface area contributed by atoms with E-state index in [0.717, 1.165) is 15.8 Å². The smallest absolute Gasteiger partial charge is 0.211 e. The molecule has 0 bridgehead atoms. The van der Waals surface area contributed by atoms with E-state index >= 15 is 0 Å². The van der Waals surface area contributed by atoms with Gasteiger partial charge in [0.15, 0.2) is 5.76 Å². The third-order valence-electron chi connectivity index (χ3n) is 2.34.